The average Bonchev–Trinajstić information content (AvgIpc) is 3.15. The molecule has 0 radical (unpaired) electrons. The van der Waals surface area contributed by atoms with Crippen molar-refractivity contribution in [1.29, 1.82) is 0 Å². The molecule has 2 aromatic rings. The van der Waals surface area contributed by atoms with E-state index in [9.17, 15) is 4.79 Å². The van der Waals surface area contributed by atoms with Crippen molar-refractivity contribution >= 4 is 17.7 Å². The number of aromatic nitrogens is 4. The fourth-order valence-electron chi connectivity index (χ4n) is 4.54. The van der Waals surface area contributed by atoms with Gasteiger partial charge in [-0.2, -0.15) is 0 Å². The molecule has 144 valence electrons. The van der Waals surface area contributed by atoms with Gasteiger partial charge in [0, 0.05) is 37.1 Å². The van der Waals surface area contributed by atoms with Crippen molar-refractivity contribution in [1.82, 2.24) is 24.6 Å². The summed E-state index contributed by atoms with van der Waals surface area (Å²) in [5.41, 5.74) is 0.999. The summed E-state index contributed by atoms with van der Waals surface area (Å²) < 4.78 is 2.08. The van der Waals surface area contributed by atoms with Crippen molar-refractivity contribution in [2.45, 2.75) is 63.2 Å². The summed E-state index contributed by atoms with van der Waals surface area (Å²) in [6.45, 7) is 3.77. The fourth-order valence-corrected chi connectivity index (χ4v) is 5.43. The molecule has 1 saturated carbocycles. The van der Waals surface area contributed by atoms with E-state index in [0.29, 0.717) is 11.8 Å². The minimum Gasteiger partial charge on any atom is -0.339 e. The lowest BCUT2D eigenvalue weighted by atomic mass is 9.78. The van der Waals surface area contributed by atoms with E-state index < -0.39 is 0 Å². The second-order valence-electron chi connectivity index (χ2n) is 7.42. The lowest BCUT2D eigenvalue weighted by molar-refractivity contribution is -0.134. The molecule has 4 rings (SSSR count). The average molecular weight is 386 g/mol. The zero-order valence-corrected chi connectivity index (χ0v) is 16.7. The van der Waals surface area contributed by atoms with Crippen LogP contribution in [0.15, 0.2) is 29.7 Å². The SMILES string of the molecule is CCn1c(SCC(=O)N2CCC[C@@H]3CCCC[C@@H]32)nnc1-c1ccncc1. The molecule has 7 heteroatoms. The summed E-state index contributed by atoms with van der Waals surface area (Å²) in [5.74, 6) is 2.25. The van der Waals surface area contributed by atoms with Crippen molar-refractivity contribution in [3.05, 3.63) is 24.5 Å². The highest BCUT2D eigenvalue weighted by Crippen LogP contribution is 2.35. The Hall–Kier alpha value is -1.89. The number of fused-ring (bicyclic) bond motifs is 1. The minimum absolute atomic E-state index is 0.257. The van der Waals surface area contributed by atoms with Crippen LogP contribution < -0.4 is 0 Å². The highest BCUT2D eigenvalue weighted by atomic mass is 32.2. The number of thioether (sulfide) groups is 1. The van der Waals surface area contributed by atoms with E-state index in [2.05, 4.69) is 31.6 Å². The molecular weight excluding hydrogens is 358 g/mol. The topological polar surface area (TPSA) is 63.9 Å². The lowest BCUT2D eigenvalue weighted by Crippen LogP contribution is -2.50. The number of piperidine rings is 1. The highest BCUT2D eigenvalue weighted by Gasteiger charge is 2.35. The highest BCUT2D eigenvalue weighted by molar-refractivity contribution is 7.99. The smallest absolute Gasteiger partial charge is 0.233 e. The molecule has 0 spiro atoms. The molecule has 2 atom stereocenters. The van der Waals surface area contributed by atoms with Crippen LogP contribution in [-0.2, 0) is 11.3 Å². The molecule has 27 heavy (non-hydrogen) atoms. The third kappa shape index (κ3) is 3.88. The van der Waals surface area contributed by atoms with Crippen LogP contribution in [-0.4, -0.2) is 48.9 Å². The molecule has 2 aromatic heterocycles. The molecule has 0 N–H and O–H groups in total. The third-order valence-electron chi connectivity index (χ3n) is 5.86. The van der Waals surface area contributed by atoms with E-state index in [1.165, 1.54) is 43.9 Å². The Morgan fingerprint density at radius 1 is 1.15 bits per heavy atom. The van der Waals surface area contributed by atoms with Gasteiger partial charge in [-0.05, 0) is 50.7 Å². The van der Waals surface area contributed by atoms with E-state index in [4.69, 9.17) is 0 Å². The molecule has 0 unspecified atom stereocenters. The molecule has 0 bridgehead atoms. The third-order valence-corrected chi connectivity index (χ3v) is 6.81. The number of pyridine rings is 1. The van der Waals surface area contributed by atoms with E-state index >= 15 is 0 Å². The van der Waals surface area contributed by atoms with Crippen LogP contribution in [0.25, 0.3) is 11.4 Å². The van der Waals surface area contributed by atoms with Crippen molar-refractivity contribution < 1.29 is 4.79 Å². The van der Waals surface area contributed by atoms with Gasteiger partial charge in [0.25, 0.3) is 0 Å². The molecule has 2 fully saturated rings. The van der Waals surface area contributed by atoms with Crippen molar-refractivity contribution in [3.63, 3.8) is 0 Å². The molecule has 1 amide bonds. The summed E-state index contributed by atoms with van der Waals surface area (Å²) in [7, 11) is 0. The summed E-state index contributed by atoms with van der Waals surface area (Å²) >= 11 is 1.51. The number of likely N-dealkylation sites (tertiary alicyclic amines) is 1. The molecule has 0 aromatic carbocycles. The van der Waals surface area contributed by atoms with Gasteiger partial charge in [-0.15, -0.1) is 10.2 Å². The second-order valence-corrected chi connectivity index (χ2v) is 8.36. The number of carbonyl (C=O) groups excluding carboxylic acids is 1. The predicted octanol–water partition coefficient (Wildman–Crippen LogP) is 3.63. The molecule has 1 aliphatic carbocycles. The van der Waals surface area contributed by atoms with Gasteiger partial charge < -0.3 is 9.47 Å². The number of rotatable bonds is 5. The maximum Gasteiger partial charge on any atom is 0.233 e. The lowest BCUT2D eigenvalue weighted by Gasteiger charge is -2.44. The van der Waals surface area contributed by atoms with Crippen LogP contribution in [0.1, 0.15) is 45.4 Å². The standard InChI is InChI=1S/C20H27N5OS/c1-2-24-19(16-9-11-21-12-10-16)22-23-20(24)27-14-18(26)25-13-5-7-15-6-3-4-8-17(15)25/h9-12,15,17H,2-8,13-14H2,1H3/t15-,17-/m0/s1. The van der Waals surface area contributed by atoms with Gasteiger partial charge in [0.05, 0.1) is 5.75 Å². The van der Waals surface area contributed by atoms with Crippen LogP contribution in [0.5, 0.6) is 0 Å². The quantitative estimate of drug-likeness (QED) is 0.736. The fraction of sp³-hybridized carbons (Fsp3) is 0.600. The van der Waals surface area contributed by atoms with Gasteiger partial charge in [-0.1, -0.05) is 24.6 Å². The Morgan fingerprint density at radius 2 is 1.93 bits per heavy atom. The normalized spacial score (nSPS) is 22.5. The van der Waals surface area contributed by atoms with E-state index in [1.54, 1.807) is 12.4 Å². The van der Waals surface area contributed by atoms with Crippen molar-refractivity contribution in [3.8, 4) is 11.4 Å². The number of nitrogens with zero attached hydrogens (tertiary/aromatic N) is 5. The summed E-state index contributed by atoms with van der Waals surface area (Å²) in [6.07, 6.45) is 11.0. The first-order valence-electron chi connectivity index (χ1n) is 10.0. The maximum absolute atomic E-state index is 12.9. The zero-order chi connectivity index (χ0) is 18.6. The largest absolute Gasteiger partial charge is 0.339 e. The van der Waals surface area contributed by atoms with Crippen LogP contribution >= 0.6 is 11.8 Å². The molecule has 6 nitrogen and oxygen atoms in total. The summed E-state index contributed by atoms with van der Waals surface area (Å²) in [4.78, 5) is 19.2. The van der Waals surface area contributed by atoms with Gasteiger partial charge in [0.1, 0.15) is 0 Å². The number of hydrogen-bond donors (Lipinski definition) is 0. The van der Waals surface area contributed by atoms with Crippen LogP contribution in [0.3, 0.4) is 0 Å². The first-order valence-corrected chi connectivity index (χ1v) is 11.0. The first-order chi connectivity index (χ1) is 13.3. The van der Waals surface area contributed by atoms with E-state index in [1.807, 2.05) is 12.1 Å². The van der Waals surface area contributed by atoms with E-state index in [0.717, 1.165) is 42.0 Å². The Kier molecular flexibility index (Phi) is 5.76. The Labute approximate surface area is 164 Å². The van der Waals surface area contributed by atoms with E-state index in [-0.39, 0.29) is 5.91 Å². The zero-order valence-electron chi connectivity index (χ0n) is 15.9. The van der Waals surface area contributed by atoms with Gasteiger partial charge in [-0.3, -0.25) is 9.78 Å². The Balaban J connectivity index is 1.44. The maximum atomic E-state index is 12.9. The monoisotopic (exact) mass is 385 g/mol. The van der Waals surface area contributed by atoms with Gasteiger partial charge >= 0.3 is 0 Å². The van der Waals surface area contributed by atoms with Gasteiger partial charge in [0.15, 0.2) is 11.0 Å². The van der Waals surface area contributed by atoms with Crippen LogP contribution in [0.4, 0.5) is 0 Å². The van der Waals surface area contributed by atoms with Crippen molar-refractivity contribution in [2.24, 2.45) is 5.92 Å². The van der Waals surface area contributed by atoms with Crippen molar-refractivity contribution in [2.75, 3.05) is 12.3 Å². The molecule has 1 aliphatic heterocycles. The van der Waals surface area contributed by atoms with Gasteiger partial charge in [0.2, 0.25) is 5.91 Å². The predicted molar refractivity (Wildman–Crippen MR) is 106 cm³/mol. The summed E-state index contributed by atoms with van der Waals surface area (Å²) in [6, 6.07) is 4.34. The Bertz CT molecular complexity index is 776. The summed E-state index contributed by atoms with van der Waals surface area (Å²) in [5, 5.41) is 9.51. The number of amides is 1. The molecular formula is C20H27N5OS. The number of carbonyl (C=O) groups is 1. The molecule has 2 aliphatic rings. The minimum atomic E-state index is 0.257. The van der Waals surface area contributed by atoms with Crippen LogP contribution in [0, 0.1) is 5.92 Å². The molecule has 1 saturated heterocycles. The first kappa shape index (κ1) is 18.5. The second kappa shape index (κ2) is 8.42. The van der Waals surface area contributed by atoms with Crippen LogP contribution in [0.2, 0.25) is 0 Å². The van der Waals surface area contributed by atoms with Gasteiger partial charge in [-0.25, -0.2) is 0 Å². The Morgan fingerprint density at radius 3 is 2.74 bits per heavy atom. The number of hydrogen-bond acceptors (Lipinski definition) is 5. The molecule has 3 heterocycles.